The molecular formula is C16H14N8OS. The van der Waals surface area contributed by atoms with Crippen molar-refractivity contribution < 1.29 is 4.79 Å². The number of hydrogen-bond acceptors (Lipinski definition) is 9. The third-order valence-electron chi connectivity index (χ3n) is 2.95. The lowest BCUT2D eigenvalue weighted by molar-refractivity contribution is 0.102. The van der Waals surface area contributed by atoms with E-state index in [1.54, 1.807) is 19.3 Å². The molecule has 0 atom stereocenters. The van der Waals surface area contributed by atoms with Crippen molar-refractivity contribution in [1.29, 1.82) is 10.5 Å². The van der Waals surface area contributed by atoms with Crippen LogP contribution in [-0.4, -0.2) is 27.1 Å². The molecule has 0 spiro atoms. The van der Waals surface area contributed by atoms with Crippen molar-refractivity contribution in [2.75, 3.05) is 5.32 Å². The second-order valence-electron chi connectivity index (χ2n) is 4.47. The zero-order valence-corrected chi connectivity index (χ0v) is 14.5. The van der Waals surface area contributed by atoms with E-state index in [-0.39, 0.29) is 11.6 Å². The van der Waals surface area contributed by atoms with E-state index in [2.05, 4.69) is 38.5 Å². The van der Waals surface area contributed by atoms with Gasteiger partial charge in [-0.2, -0.15) is 5.10 Å². The van der Waals surface area contributed by atoms with Gasteiger partial charge in [0, 0.05) is 25.5 Å². The molecule has 0 radical (unpaired) electrons. The van der Waals surface area contributed by atoms with Crippen LogP contribution < -0.4 is 11.2 Å². The summed E-state index contributed by atoms with van der Waals surface area (Å²) < 4.78 is 0.934. The molecule has 2 aromatic heterocycles. The Balaban J connectivity index is 0.000000791. The van der Waals surface area contributed by atoms with Crippen LogP contribution in [0.15, 0.2) is 35.7 Å². The highest BCUT2D eigenvalue weighted by atomic mass is 32.1. The highest BCUT2D eigenvalue weighted by molar-refractivity contribution is 7.22. The fourth-order valence-corrected chi connectivity index (χ4v) is 2.86. The zero-order valence-electron chi connectivity index (χ0n) is 13.7. The normalized spacial score (nSPS) is 9.58. The molecule has 26 heavy (non-hydrogen) atoms. The molecule has 0 saturated heterocycles. The molecule has 10 heteroatoms. The molecule has 0 bridgehead atoms. The lowest BCUT2D eigenvalue weighted by atomic mass is 10.2. The molecule has 130 valence electrons. The number of rotatable bonds is 3. The SMILES string of the molecule is C#N.C#N.Cc1nccnc1C(=O)Nc1nc2ccc(C=NN)cc2s1. The number of carbonyl (C=O) groups excluding carboxylic acids is 1. The Morgan fingerprint density at radius 3 is 2.62 bits per heavy atom. The summed E-state index contributed by atoms with van der Waals surface area (Å²) in [4.78, 5) is 24.7. The lowest BCUT2D eigenvalue weighted by Crippen LogP contribution is -2.15. The van der Waals surface area contributed by atoms with Crippen LogP contribution in [-0.2, 0) is 0 Å². The standard InChI is InChI=1S/C14H12N6OS.2CHN/c1-8-12(17-5-4-16-8)13(21)20-14-19-10-3-2-9(7-18-15)6-11(10)22-14;2*1-2/h2-7H,15H2,1H3,(H,19,20,21);2*1H. The minimum atomic E-state index is -0.326. The molecule has 3 aromatic rings. The van der Waals surface area contributed by atoms with Gasteiger partial charge in [0.1, 0.15) is 5.69 Å². The molecule has 0 unspecified atom stereocenters. The third-order valence-corrected chi connectivity index (χ3v) is 3.89. The molecular weight excluding hydrogens is 352 g/mol. The van der Waals surface area contributed by atoms with Crippen molar-refractivity contribution in [2.24, 2.45) is 10.9 Å². The van der Waals surface area contributed by atoms with E-state index < -0.39 is 0 Å². The van der Waals surface area contributed by atoms with E-state index in [1.807, 2.05) is 18.2 Å². The monoisotopic (exact) mass is 366 g/mol. The first-order chi connectivity index (χ1) is 12.7. The van der Waals surface area contributed by atoms with Crippen LogP contribution in [0.3, 0.4) is 0 Å². The number of anilines is 1. The topological polar surface area (TPSA) is 154 Å². The maximum Gasteiger partial charge on any atom is 0.277 e. The number of nitriles is 2. The zero-order chi connectivity index (χ0) is 19.5. The van der Waals surface area contributed by atoms with Crippen molar-refractivity contribution in [1.82, 2.24) is 15.0 Å². The van der Waals surface area contributed by atoms with Gasteiger partial charge in [-0.25, -0.2) is 20.5 Å². The van der Waals surface area contributed by atoms with Crippen LogP contribution in [0.1, 0.15) is 21.7 Å². The summed E-state index contributed by atoms with van der Waals surface area (Å²) in [5.74, 6) is 4.82. The van der Waals surface area contributed by atoms with Crippen LogP contribution in [0.5, 0.6) is 0 Å². The highest BCUT2D eigenvalue weighted by Gasteiger charge is 2.13. The summed E-state index contributed by atoms with van der Waals surface area (Å²) >= 11 is 1.37. The van der Waals surface area contributed by atoms with Crippen LogP contribution >= 0.6 is 11.3 Å². The van der Waals surface area contributed by atoms with Gasteiger partial charge < -0.3 is 5.84 Å². The van der Waals surface area contributed by atoms with E-state index >= 15 is 0 Å². The Morgan fingerprint density at radius 2 is 1.96 bits per heavy atom. The average molecular weight is 366 g/mol. The first-order valence-electron chi connectivity index (χ1n) is 6.92. The summed E-state index contributed by atoms with van der Waals surface area (Å²) in [5, 5.41) is 19.7. The number of aryl methyl sites for hydroxylation is 1. The van der Waals surface area contributed by atoms with Crippen LogP contribution in [0, 0.1) is 30.6 Å². The molecule has 1 amide bonds. The van der Waals surface area contributed by atoms with Gasteiger partial charge in [-0.3, -0.25) is 15.1 Å². The van der Waals surface area contributed by atoms with Crippen molar-refractivity contribution >= 4 is 38.8 Å². The smallest absolute Gasteiger partial charge is 0.277 e. The van der Waals surface area contributed by atoms with Crippen molar-refractivity contribution in [3.63, 3.8) is 0 Å². The third kappa shape index (κ3) is 4.80. The van der Waals surface area contributed by atoms with Gasteiger partial charge in [-0.05, 0) is 24.6 Å². The number of hydrogen-bond donors (Lipinski definition) is 2. The summed E-state index contributed by atoms with van der Waals surface area (Å²) in [6, 6.07) is 5.62. The molecule has 2 heterocycles. The van der Waals surface area contributed by atoms with Crippen LogP contribution in [0.4, 0.5) is 5.13 Å². The number of carbonyl (C=O) groups is 1. The molecule has 3 rings (SSSR count). The van der Waals surface area contributed by atoms with E-state index in [9.17, 15) is 4.79 Å². The largest absolute Gasteiger partial charge is 0.323 e. The maximum atomic E-state index is 12.2. The quantitative estimate of drug-likeness (QED) is 0.409. The van der Waals surface area contributed by atoms with E-state index in [4.69, 9.17) is 16.4 Å². The Bertz CT molecular complexity index is 954. The van der Waals surface area contributed by atoms with Gasteiger partial charge in [0.05, 0.1) is 22.1 Å². The van der Waals surface area contributed by atoms with Gasteiger partial charge in [0.15, 0.2) is 5.13 Å². The molecule has 9 nitrogen and oxygen atoms in total. The number of nitrogens with zero attached hydrogens (tertiary/aromatic N) is 6. The van der Waals surface area contributed by atoms with E-state index in [0.29, 0.717) is 10.8 Å². The number of benzene rings is 1. The van der Waals surface area contributed by atoms with Crippen LogP contribution in [0.25, 0.3) is 10.2 Å². The van der Waals surface area contributed by atoms with Gasteiger partial charge in [-0.1, -0.05) is 17.4 Å². The Hall–Kier alpha value is -3.89. The summed E-state index contributed by atoms with van der Waals surface area (Å²) in [6.45, 7) is 8.73. The number of fused-ring (bicyclic) bond motifs is 1. The van der Waals surface area contributed by atoms with Gasteiger partial charge >= 0.3 is 0 Å². The molecule has 3 N–H and O–H groups in total. The lowest BCUT2D eigenvalue weighted by Gasteiger charge is -2.02. The number of amides is 1. The van der Waals surface area contributed by atoms with Gasteiger partial charge in [0.25, 0.3) is 5.91 Å². The second-order valence-corrected chi connectivity index (χ2v) is 5.50. The van der Waals surface area contributed by atoms with E-state index in [0.717, 1.165) is 15.8 Å². The predicted octanol–water partition coefficient (Wildman–Crippen LogP) is 2.22. The Kier molecular flexibility index (Phi) is 7.81. The summed E-state index contributed by atoms with van der Waals surface area (Å²) in [5.41, 5.74) is 2.53. The molecule has 0 aliphatic carbocycles. The molecule has 0 fully saturated rings. The highest BCUT2D eigenvalue weighted by Crippen LogP contribution is 2.26. The number of aromatic nitrogens is 3. The number of nitrogens with one attached hydrogen (secondary N) is 1. The second kappa shape index (κ2) is 10.1. The maximum absolute atomic E-state index is 12.2. The molecule has 0 aliphatic rings. The molecule has 0 aliphatic heterocycles. The summed E-state index contributed by atoms with van der Waals surface area (Å²) in [6.07, 6.45) is 4.59. The number of hydrazone groups is 1. The summed E-state index contributed by atoms with van der Waals surface area (Å²) in [7, 11) is 0. The fourth-order valence-electron chi connectivity index (χ4n) is 1.95. The fraction of sp³-hybridized carbons (Fsp3) is 0.0625. The molecule has 1 aromatic carbocycles. The van der Waals surface area contributed by atoms with Crippen molar-refractivity contribution in [3.8, 4) is 13.1 Å². The number of nitrogens with two attached hydrogens (primary N) is 1. The Labute approximate surface area is 153 Å². The van der Waals surface area contributed by atoms with E-state index in [1.165, 1.54) is 17.5 Å². The molecule has 0 saturated carbocycles. The van der Waals surface area contributed by atoms with Gasteiger partial charge in [-0.15, -0.1) is 0 Å². The van der Waals surface area contributed by atoms with Crippen molar-refractivity contribution in [3.05, 3.63) is 47.5 Å². The minimum Gasteiger partial charge on any atom is -0.323 e. The Morgan fingerprint density at radius 1 is 1.27 bits per heavy atom. The first kappa shape index (κ1) is 20.2. The first-order valence-corrected chi connectivity index (χ1v) is 7.73. The number of thiazole rings is 1. The predicted molar refractivity (Wildman–Crippen MR) is 99.5 cm³/mol. The van der Waals surface area contributed by atoms with Crippen molar-refractivity contribution in [2.45, 2.75) is 6.92 Å². The van der Waals surface area contributed by atoms with Gasteiger partial charge in [0.2, 0.25) is 0 Å². The average Bonchev–Trinajstić information content (AvgIpc) is 3.07. The minimum absolute atomic E-state index is 0.290. The van der Waals surface area contributed by atoms with Crippen LogP contribution in [0.2, 0.25) is 0 Å².